The number of benzene rings is 4. The van der Waals surface area contributed by atoms with Gasteiger partial charge in [-0.25, -0.2) is 0 Å². The van der Waals surface area contributed by atoms with Crippen LogP contribution in [0.15, 0.2) is 72.8 Å². The Morgan fingerprint density at radius 1 is 0.567 bits per heavy atom. The van der Waals surface area contributed by atoms with Gasteiger partial charge in [0, 0.05) is 14.2 Å². The van der Waals surface area contributed by atoms with Gasteiger partial charge in [-0.2, -0.15) is 0 Å². The normalized spacial score (nSPS) is 10.5. The quantitative estimate of drug-likeness (QED) is 0.173. The smallest absolute Gasteiger partial charge is 0.188 e. The van der Waals surface area contributed by atoms with Crippen LogP contribution in [-0.2, 0) is 9.47 Å². The molecule has 0 atom stereocenters. The van der Waals surface area contributed by atoms with Crippen LogP contribution >= 0.6 is 45.2 Å². The molecule has 0 aliphatic carbocycles. The van der Waals surface area contributed by atoms with Crippen molar-refractivity contribution in [2.75, 3.05) is 27.8 Å². The van der Waals surface area contributed by atoms with Crippen molar-refractivity contribution in [3.63, 3.8) is 0 Å². The van der Waals surface area contributed by atoms with Crippen LogP contribution in [0.5, 0.6) is 11.5 Å². The zero-order valence-corrected chi connectivity index (χ0v) is 21.0. The summed E-state index contributed by atoms with van der Waals surface area (Å²) in [7, 11) is 3.24. The van der Waals surface area contributed by atoms with Crippen LogP contribution in [0, 0.1) is 7.14 Å². The molecule has 4 aromatic rings. The predicted molar refractivity (Wildman–Crippen MR) is 138 cm³/mol. The third kappa shape index (κ3) is 6.19. The van der Waals surface area contributed by atoms with Crippen molar-refractivity contribution in [2.45, 2.75) is 0 Å². The molecular formula is C24H22I2O4. The second-order valence-electron chi connectivity index (χ2n) is 6.36. The van der Waals surface area contributed by atoms with E-state index in [9.17, 15) is 0 Å². The highest BCUT2D eigenvalue weighted by Gasteiger charge is 2.04. The zero-order valence-electron chi connectivity index (χ0n) is 16.7. The summed E-state index contributed by atoms with van der Waals surface area (Å²) >= 11 is 4.54. The number of ether oxygens (including phenoxy) is 4. The molecule has 0 bridgehead atoms. The third-order valence-electron chi connectivity index (χ3n) is 4.27. The molecule has 30 heavy (non-hydrogen) atoms. The fraction of sp³-hybridized carbons (Fsp3) is 0.167. The molecule has 0 aliphatic heterocycles. The first kappa shape index (κ1) is 23.1. The minimum absolute atomic E-state index is 0.286. The van der Waals surface area contributed by atoms with Gasteiger partial charge >= 0.3 is 0 Å². The molecule has 0 saturated heterocycles. The first-order chi connectivity index (χ1) is 14.6. The van der Waals surface area contributed by atoms with Gasteiger partial charge in [0.05, 0.1) is 7.14 Å². The lowest BCUT2D eigenvalue weighted by Crippen LogP contribution is -2.00. The van der Waals surface area contributed by atoms with Crippen LogP contribution in [0.3, 0.4) is 0 Å². The highest BCUT2D eigenvalue weighted by atomic mass is 127. The van der Waals surface area contributed by atoms with Gasteiger partial charge in [-0.1, -0.05) is 48.5 Å². The summed E-state index contributed by atoms with van der Waals surface area (Å²) in [5, 5.41) is 4.83. The Morgan fingerprint density at radius 3 is 1.23 bits per heavy atom. The molecule has 0 spiro atoms. The Labute approximate surface area is 203 Å². The van der Waals surface area contributed by atoms with E-state index in [4.69, 9.17) is 18.9 Å². The van der Waals surface area contributed by atoms with Crippen LogP contribution in [0.1, 0.15) is 0 Å². The van der Waals surface area contributed by atoms with Crippen LogP contribution in [0.4, 0.5) is 0 Å². The summed E-state index contributed by atoms with van der Waals surface area (Å²) in [6, 6.07) is 24.8. The average Bonchev–Trinajstić information content (AvgIpc) is 2.76. The monoisotopic (exact) mass is 628 g/mol. The maximum Gasteiger partial charge on any atom is 0.188 e. The fourth-order valence-electron chi connectivity index (χ4n) is 2.85. The molecule has 0 aliphatic rings. The summed E-state index contributed by atoms with van der Waals surface area (Å²) in [4.78, 5) is 0. The van der Waals surface area contributed by atoms with E-state index in [0.717, 1.165) is 18.6 Å². The number of rotatable bonds is 6. The van der Waals surface area contributed by atoms with Crippen molar-refractivity contribution in [3.05, 3.63) is 79.9 Å². The minimum atomic E-state index is 0.286. The lowest BCUT2D eigenvalue weighted by atomic mass is 10.1. The highest BCUT2D eigenvalue weighted by Crippen LogP contribution is 2.28. The molecule has 0 aromatic heterocycles. The van der Waals surface area contributed by atoms with Gasteiger partial charge in [0.15, 0.2) is 13.6 Å². The molecule has 4 nitrogen and oxygen atoms in total. The van der Waals surface area contributed by atoms with E-state index in [1.807, 2.05) is 36.4 Å². The summed E-state index contributed by atoms with van der Waals surface area (Å²) in [6.07, 6.45) is 0. The van der Waals surface area contributed by atoms with Gasteiger partial charge in [0.25, 0.3) is 0 Å². The molecule has 6 heteroatoms. The van der Waals surface area contributed by atoms with E-state index in [1.165, 1.54) is 21.5 Å². The number of hydrogen-bond acceptors (Lipinski definition) is 4. The van der Waals surface area contributed by atoms with E-state index in [2.05, 4.69) is 81.6 Å². The summed E-state index contributed by atoms with van der Waals surface area (Å²) < 4.78 is 22.9. The van der Waals surface area contributed by atoms with E-state index < -0.39 is 0 Å². The highest BCUT2D eigenvalue weighted by molar-refractivity contribution is 14.1. The predicted octanol–water partition coefficient (Wildman–Crippen LogP) is 6.85. The Balaban J connectivity index is 0.000000171. The first-order valence-corrected chi connectivity index (χ1v) is 11.4. The van der Waals surface area contributed by atoms with Gasteiger partial charge in [-0.3, -0.25) is 0 Å². The van der Waals surface area contributed by atoms with Gasteiger partial charge in [0.2, 0.25) is 0 Å². The van der Waals surface area contributed by atoms with Gasteiger partial charge < -0.3 is 18.9 Å². The molecule has 0 unspecified atom stereocenters. The lowest BCUT2D eigenvalue weighted by Gasteiger charge is -2.08. The van der Waals surface area contributed by atoms with Crippen molar-refractivity contribution in [1.82, 2.24) is 0 Å². The largest absolute Gasteiger partial charge is 0.466 e. The molecule has 0 N–H and O–H groups in total. The Kier molecular flexibility index (Phi) is 8.98. The molecule has 0 radical (unpaired) electrons. The van der Waals surface area contributed by atoms with Crippen LogP contribution < -0.4 is 9.47 Å². The molecule has 156 valence electrons. The second kappa shape index (κ2) is 11.7. The van der Waals surface area contributed by atoms with Crippen LogP contribution in [-0.4, -0.2) is 27.8 Å². The molecule has 0 amide bonds. The maximum absolute atomic E-state index is 5.46. The van der Waals surface area contributed by atoms with Crippen molar-refractivity contribution in [1.29, 1.82) is 0 Å². The van der Waals surface area contributed by atoms with E-state index in [0.29, 0.717) is 0 Å². The van der Waals surface area contributed by atoms with Gasteiger partial charge in [-0.05, 0) is 91.0 Å². The SMILES string of the molecule is COCOc1cc2ccccc2cc1I.COCOc1cc2ccccc2cc1I. The average molecular weight is 628 g/mol. The maximum atomic E-state index is 5.46. The second-order valence-corrected chi connectivity index (χ2v) is 8.69. The molecule has 4 rings (SSSR count). The van der Waals surface area contributed by atoms with Crippen LogP contribution in [0.2, 0.25) is 0 Å². The summed E-state index contributed by atoms with van der Waals surface area (Å²) in [6.45, 7) is 0.572. The van der Waals surface area contributed by atoms with Gasteiger partial charge in [0.1, 0.15) is 11.5 Å². The van der Waals surface area contributed by atoms with Crippen molar-refractivity contribution < 1.29 is 18.9 Å². The minimum Gasteiger partial charge on any atom is -0.466 e. The van der Waals surface area contributed by atoms with Crippen molar-refractivity contribution >= 4 is 66.7 Å². The summed E-state index contributed by atoms with van der Waals surface area (Å²) in [5.74, 6) is 1.74. The lowest BCUT2D eigenvalue weighted by molar-refractivity contribution is 0.0504. The van der Waals surface area contributed by atoms with E-state index in [-0.39, 0.29) is 13.6 Å². The van der Waals surface area contributed by atoms with Crippen molar-refractivity contribution in [2.24, 2.45) is 0 Å². The molecular weight excluding hydrogens is 606 g/mol. The third-order valence-corrected chi connectivity index (χ3v) is 5.95. The molecule has 4 aromatic carbocycles. The van der Waals surface area contributed by atoms with E-state index >= 15 is 0 Å². The molecule has 0 fully saturated rings. The Bertz CT molecular complexity index is 1030. The Morgan fingerprint density at radius 2 is 0.900 bits per heavy atom. The zero-order chi connectivity index (χ0) is 21.3. The first-order valence-electron chi connectivity index (χ1n) is 9.22. The number of hydrogen-bond donors (Lipinski definition) is 0. The standard InChI is InChI=1S/2C12H11IO2/c2*1-14-8-15-12-7-10-5-3-2-4-9(10)6-11(12)13/h2*2-7H,8H2,1H3. The van der Waals surface area contributed by atoms with Crippen LogP contribution in [0.25, 0.3) is 21.5 Å². The molecule has 0 heterocycles. The number of methoxy groups -OCH3 is 2. The Hall–Kier alpha value is -1.62. The number of halogens is 2. The topological polar surface area (TPSA) is 36.9 Å². The number of fused-ring (bicyclic) bond motifs is 2. The van der Waals surface area contributed by atoms with E-state index in [1.54, 1.807) is 14.2 Å². The van der Waals surface area contributed by atoms with Gasteiger partial charge in [-0.15, -0.1) is 0 Å². The van der Waals surface area contributed by atoms with Crippen molar-refractivity contribution in [3.8, 4) is 11.5 Å². The molecule has 0 saturated carbocycles. The fourth-order valence-corrected chi connectivity index (χ4v) is 4.14. The summed E-state index contributed by atoms with van der Waals surface area (Å²) in [5.41, 5.74) is 0.